The van der Waals surface area contributed by atoms with Crippen molar-refractivity contribution in [3.8, 4) is 0 Å². The quantitative estimate of drug-likeness (QED) is 0.0164. The van der Waals surface area contributed by atoms with Crippen LogP contribution in [0.3, 0.4) is 0 Å². The van der Waals surface area contributed by atoms with Gasteiger partial charge in [0, 0.05) is 32.2 Å². The number of guanidine groups is 1. The number of hydrogen-bond acceptors (Lipinski definition) is 27. The van der Waals surface area contributed by atoms with Gasteiger partial charge in [0.15, 0.2) is 5.96 Å². The van der Waals surface area contributed by atoms with Gasteiger partial charge in [0.05, 0.1) is 25.1 Å². The van der Waals surface area contributed by atoms with E-state index < -0.39 is 290 Å². The highest BCUT2D eigenvalue weighted by Crippen LogP contribution is 2.16. The molecule has 35 N–H and O–H groups in total. The van der Waals surface area contributed by atoms with Crippen LogP contribution in [0.5, 0.6) is 0 Å². The Morgan fingerprint density at radius 2 is 0.699 bits per heavy atom. The number of carbonyl (C=O) groups excluding carboxylic acids is 17. The number of carboxylic acid groups (broad SMARTS) is 4. The van der Waals surface area contributed by atoms with E-state index in [4.69, 9.17) is 39.8 Å². The normalized spacial score (nSPS) is 15.0. The second-order valence-electron chi connectivity index (χ2n) is 33.3. The third-order valence-electron chi connectivity index (χ3n) is 20.5. The molecule has 0 saturated heterocycles. The smallest absolute Gasteiger partial charge is 0.326 e. The van der Waals surface area contributed by atoms with Gasteiger partial charge in [-0.25, -0.2) is 4.79 Å². The van der Waals surface area contributed by atoms with E-state index >= 15 is 0 Å². The topological polar surface area (TPSA) is 844 Å². The highest BCUT2D eigenvalue weighted by molar-refractivity contribution is 6.02. The minimum atomic E-state index is -2.14. The number of nitrogens with one attached hydrogen (secondary N) is 18. The van der Waals surface area contributed by atoms with Crippen LogP contribution in [-0.4, -0.2) is 291 Å². The van der Waals surface area contributed by atoms with Gasteiger partial charge in [0.2, 0.25) is 100 Å². The number of aliphatic hydroxyl groups is 1. The molecule has 1 aromatic rings. The number of hydrogen-bond donors (Lipinski definition) is 29. The number of carbonyl (C=O) groups is 21. The third-order valence-corrected chi connectivity index (χ3v) is 20.5. The molecule has 0 spiro atoms. The average Bonchev–Trinajstić information content (AvgIpc) is 0.847. The fourth-order valence-electron chi connectivity index (χ4n) is 12.9. The Labute approximate surface area is 770 Å². The maximum Gasteiger partial charge on any atom is 0.326 e. The van der Waals surface area contributed by atoms with Gasteiger partial charge in [-0.1, -0.05) is 71.9 Å². The van der Waals surface area contributed by atoms with Crippen molar-refractivity contribution in [1.29, 1.82) is 5.41 Å². The summed E-state index contributed by atoms with van der Waals surface area (Å²) >= 11 is 0. The van der Waals surface area contributed by atoms with Gasteiger partial charge in [-0.3, -0.25) is 101 Å². The summed E-state index contributed by atoms with van der Waals surface area (Å²) in [5.74, 6) is -26.1. The molecule has 17 amide bonds. The predicted octanol–water partition coefficient (Wildman–Crippen LogP) is -8.05. The lowest BCUT2D eigenvalue weighted by Crippen LogP contribution is -2.63. The van der Waals surface area contributed by atoms with Crippen LogP contribution in [0, 0.1) is 23.2 Å². The minimum absolute atomic E-state index is 0.0145. The second kappa shape index (κ2) is 62.5. The molecule has 0 aliphatic rings. The van der Waals surface area contributed by atoms with E-state index in [0.717, 1.165) is 13.8 Å². The van der Waals surface area contributed by atoms with E-state index in [2.05, 4.69) is 90.4 Å². The van der Waals surface area contributed by atoms with E-state index in [-0.39, 0.29) is 102 Å². The van der Waals surface area contributed by atoms with E-state index in [9.17, 15) is 126 Å². The first-order chi connectivity index (χ1) is 62.4. The van der Waals surface area contributed by atoms with Crippen LogP contribution in [0.2, 0.25) is 0 Å². The zero-order valence-electron chi connectivity index (χ0n) is 76.9. The van der Waals surface area contributed by atoms with E-state index in [1.54, 1.807) is 44.2 Å². The summed E-state index contributed by atoms with van der Waals surface area (Å²) in [6.45, 7) is 14.1. The van der Waals surface area contributed by atoms with E-state index in [0.29, 0.717) is 24.8 Å². The molecule has 0 unspecified atom stereocenters. The van der Waals surface area contributed by atoms with Crippen molar-refractivity contribution in [2.75, 3.05) is 32.7 Å². The Bertz CT molecular complexity index is 4090. The number of unbranched alkanes of at least 4 members (excludes halogenated alkanes) is 3. The van der Waals surface area contributed by atoms with Crippen molar-refractivity contribution < 1.29 is 126 Å². The van der Waals surface area contributed by atoms with Gasteiger partial charge in [0.25, 0.3) is 0 Å². The van der Waals surface area contributed by atoms with Gasteiger partial charge < -0.3 is 150 Å². The molecule has 0 radical (unpaired) electrons. The maximum absolute atomic E-state index is 14.9. The van der Waals surface area contributed by atoms with Gasteiger partial charge in [0.1, 0.15) is 90.6 Å². The maximum atomic E-state index is 14.9. The lowest BCUT2D eigenvalue weighted by atomic mass is 9.99. The molecule has 0 aliphatic heterocycles. The lowest BCUT2D eigenvalue weighted by molar-refractivity contribution is -0.142. The number of carboxylic acids is 4. The van der Waals surface area contributed by atoms with Crippen molar-refractivity contribution in [3.05, 3.63) is 35.9 Å². The van der Waals surface area contributed by atoms with Crippen molar-refractivity contribution in [2.45, 2.75) is 300 Å². The number of rotatable bonds is 67. The summed E-state index contributed by atoms with van der Waals surface area (Å²) in [5.41, 5.74) is 34.3. The summed E-state index contributed by atoms with van der Waals surface area (Å²) in [7, 11) is 0. The monoisotopic (exact) mass is 1890 g/mol. The van der Waals surface area contributed by atoms with Crippen molar-refractivity contribution in [2.24, 2.45) is 52.2 Å². The second-order valence-corrected chi connectivity index (χ2v) is 33.3. The fraction of sp³-hybridized carbons (Fsp3) is 0.663. The molecule has 0 fully saturated rings. The van der Waals surface area contributed by atoms with Gasteiger partial charge >= 0.3 is 23.9 Å². The average molecular weight is 1890 g/mol. The van der Waals surface area contributed by atoms with Crippen LogP contribution in [0.4, 0.5) is 0 Å². The zero-order chi connectivity index (χ0) is 101. The zero-order valence-corrected chi connectivity index (χ0v) is 76.9. The summed E-state index contributed by atoms with van der Waals surface area (Å²) in [5, 5.41) is 98.4. The van der Waals surface area contributed by atoms with E-state index in [1.807, 2.05) is 0 Å². The van der Waals surface area contributed by atoms with Crippen molar-refractivity contribution in [1.82, 2.24) is 90.4 Å². The summed E-state index contributed by atoms with van der Waals surface area (Å²) in [6.07, 6.45) is -5.81. The Morgan fingerprint density at radius 1 is 0.346 bits per heavy atom. The van der Waals surface area contributed by atoms with Crippen molar-refractivity contribution >= 4 is 130 Å². The van der Waals surface area contributed by atoms with Gasteiger partial charge in [-0.05, 0) is 167 Å². The van der Waals surface area contributed by atoms with Crippen LogP contribution < -0.4 is 125 Å². The number of aliphatic carboxylic acids is 4. The summed E-state index contributed by atoms with van der Waals surface area (Å²) in [4.78, 5) is 284. The highest BCUT2D eigenvalue weighted by atomic mass is 16.4. The first-order valence-corrected chi connectivity index (χ1v) is 44.0. The largest absolute Gasteiger partial charge is 0.481 e. The Kier molecular flexibility index (Phi) is 55.5. The van der Waals surface area contributed by atoms with Crippen LogP contribution in [0.15, 0.2) is 30.3 Å². The molecule has 133 heavy (non-hydrogen) atoms. The van der Waals surface area contributed by atoms with E-state index in [1.165, 1.54) is 41.5 Å². The molecule has 50 heteroatoms. The fourth-order valence-corrected chi connectivity index (χ4v) is 12.9. The number of primary amides is 1. The molecular weight excluding hydrogens is 1750 g/mol. The molecule has 50 nitrogen and oxygen atoms in total. The summed E-state index contributed by atoms with van der Waals surface area (Å²) < 4.78 is 0. The Balaban J connectivity index is 3.70. The minimum Gasteiger partial charge on any atom is -0.481 e. The Hall–Kier alpha value is -12.8. The van der Waals surface area contributed by atoms with Crippen LogP contribution in [-0.2, 0) is 107 Å². The molecule has 0 bridgehead atoms. The molecule has 1 rings (SSSR count). The molecule has 17 atom stereocenters. The van der Waals surface area contributed by atoms with Gasteiger partial charge in [-0.2, -0.15) is 0 Å². The molecular formula is C83H140N24O26. The molecule has 0 aliphatic carbocycles. The lowest BCUT2D eigenvalue weighted by Gasteiger charge is -2.30. The summed E-state index contributed by atoms with van der Waals surface area (Å²) in [6, 6.07) is -17.6. The Morgan fingerprint density at radius 3 is 1.12 bits per heavy atom. The standard InChI is InChI=1S/C83H140N24O26/c1-41(2)37-56(102-69(119)46(9)94-70(120)49(87)23-20-36-91-83(89)90)77(127)106-65(43(5)6)80(130)104-58(39-63(115)116)78(128)107-66(47(10)108)81(131)100-54(29-32-62(113)114)74(124)103-57(38-48-21-12-11-13-22-48)76(126)96-51(25-15-18-34-85)75(125)105-64(42(3)4)79(129)99-50(24-14-17-33-84)72(122)97-52(27-30-59(88)109)73(123)98-53(28-31-61(111)112)71(121)95-44(7)67(117)92-40-60(110)93-45(8)68(118)101-55(82(132)133)26-16-19-35-86/h11-13,21-22,41-47,49-58,64-66,108H,14-20,23-40,84-87H2,1-10H3,(H2,88,109)(H,92,117)(H,93,110)(H,94,120)(H,95,121)(H,96,126)(H,97,122)(H,98,123)(H,99,129)(H,100,131)(H,101,118)(H,102,119)(H,103,124)(H,104,130)(H,105,125)(H,106,127)(H,107,128)(H,111,112)(H,113,114)(H,115,116)(H,132,133)(H4,89,90,91)/t44-,45-,46-,47+,49-,50-,51-,52-,53-,54-,55-,56-,57-,58-,64-,65-,66-/m0/s1. The van der Waals surface area contributed by atoms with Crippen molar-refractivity contribution in [3.63, 3.8) is 0 Å². The molecule has 1 aromatic carbocycles. The number of amides is 17. The predicted molar refractivity (Wildman–Crippen MR) is 478 cm³/mol. The molecule has 0 heterocycles. The first-order valence-electron chi connectivity index (χ1n) is 44.0. The van der Waals surface area contributed by atoms with Crippen LogP contribution in [0.1, 0.15) is 197 Å². The van der Waals surface area contributed by atoms with Gasteiger partial charge in [-0.15, -0.1) is 0 Å². The first kappa shape index (κ1) is 118. The highest BCUT2D eigenvalue weighted by Gasteiger charge is 2.41. The number of nitrogens with two attached hydrogens (primary N) is 6. The van der Waals surface area contributed by atoms with Crippen LogP contribution in [0.25, 0.3) is 0 Å². The third kappa shape index (κ3) is 47.7. The molecule has 748 valence electrons. The number of aliphatic hydroxyl groups excluding tert-OH is 1. The molecule has 0 aromatic heterocycles. The van der Waals surface area contributed by atoms with Crippen LogP contribution >= 0.6 is 0 Å². The molecule has 0 saturated carbocycles. The SMILES string of the molecule is CC(C)C[C@H](NC(=O)[C@H](C)NC(=O)[C@@H](N)CCCNC(=N)N)C(=O)N[C@H](C(=O)N[C@@H](CC(=O)O)C(=O)N[C@H](C(=O)N[C@@H](CCC(=O)O)C(=O)N[C@@H](Cc1ccccc1)C(=O)N[C@@H](CCCCN)C(=O)N[C@H](C(=O)N[C@@H](CCCCN)C(=O)N[C@@H](CCC(N)=O)C(=O)N[C@@H](CCC(=O)O)C(=O)N[C@@H](C)C(=O)NCC(=O)N[C@@H](C)C(=O)N[C@@H](CCCCN)C(=O)O)C(C)C)[C@@H](C)O)C(C)C. The number of benzene rings is 1.